The molecule has 0 radical (unpaired) electrons. The molecule has 2 aromatic carbocycles. The van der Waals surface area contributed by atoms with Crippen LogP contribution in [-0.2, 0) is 4.79 Å². The molecule has 0 unspecified atom stereocenters. The summed E-state index contributed by atoms with van der Waals surface area (Å²) in [5, 5.41) is 4.17. The van der Waals surface area contributed by atoms with Gasteiger partial charge in [0.15, 0.2) is 0 Å². The van der Waals surface area contributed by atoms with Gasteiger partial charge in [-0.25, -0.2) is 0 Å². The molecule has 1 aromatic heterocycles. The Bertz CT molecular complexity index is 993. The van der Waals surface area contributed by atoms with Crippen LogP contribution in [0.15, 0.2) is 48.2 Å². The molecule has 0 aliphatic carbocycles. The van der Waals surface area contributed by atoms with Crippen molar-refractivity contribution in [2.24, 2.45) is 0 Å². The molecular weight excluding hydrogens is 320 g/mol. The van der Waals surface area contributed by atoms with Gasteiger partial charge in [0.05, 0.1) is 0 Å². The molecule has 0 fully saturated rings. The number of rotatable bonds is 4. The van der Waals surface area contributed by atoms with Crippen molar-refractivity contribution in [3.63, 3.8) is 0 Å². The topological polar surface area (TPSA) is 44.9 Å². The van der Waals surface area contributed by atoms with E-state index in [1.54, 1.807) is 0 Å². The Labute approximate surface area is 155 Å². The summed E-state index contributed by atoms with van der Waals surface area (Å²) < 4.78 is 0. The lowest BCUT2D eigenvalue weighted by Gasteiger charge is -2.13. The first-order valence-corrected chi connectivity index (χ1v) is 9.03. The largest absolute Gasteiger partial charge is 0.361 e. The Balaban J connectivity index is 2.02. The number of amides is 1. The van der Waals surface area contributed by atoms with Crippen LogP contribution >= 0.6 is 0 Å². The Morgan fingerprint density at radius 1 is 1.08 bits per heavy atom. The number of aromatic nitrogens is 1. The quantitative estimate of drug-likeness (QED) is 0.612. The van der Waals surface area contributed by atoms with Gasteiger partial charge in [-0.05, 0) is 80.6 Å². The lowest BCUT2D eigenvalue weighted by atomic mass is 9.92. The van der Waals surface area contributed by atoms with Crippen LogP contribution in [-0.4, -0.2) is 16.9 Å². The van der Waals surface area contributed by atoms with Gasteiger partial charge < -0.3 is 10.3 Å². The van der Waals surface area contributed by atoms with Crippen molar-refractivity contribution in [3.05, 3.63) is 64.9 Å². The number of carbonyl (C=O) groups excluding carboxylic acids is 1. The Hall–Kier alpha value is -2.81. The molecule has 3 nitrogen and oxygen atoms in total. The van der Waals surface area contributed by atoms with Crippen molar-refractivity contribution in [2.45, 2.75) is 40.7 Å². The fourth-order valence-corrected chi connectivity index (χ4v) is 3.28. The molecule has 26 heavy (non-hydrogen) atoms. The number of fused-ring (bicyclic) bond motifs is 1. The third-order valence-electron chi connectivity index (χ3n) is 4.65. The highest BCUT2D eigenvalue weighted by molar-refractivity contribution is 5.98. The highest BCUT2D eigenvalue weighted by Gasteiger charge is 2.11. The van der Waals surface area contributed by atoms with E-state index >= 15 is 0 Å². The van der Waals surface area contributed by atoms with E-state index in [4.69, 9.17) is 0 Å². The van der Waals surface area contributed by atoms with E-state index < -0.39 is 0 Å². The van der Waals surface area contributed by atoms with Crippen LogP contribution in [0, 0.1) is 13.8 Å². The Morgan fingerprint density at radius 3 is 2.58 bits per heavy atom. The Morgan fingerprint density at radius 2 is 1.85 bits per heavy atom. The van der Waals surface area contributed by atoms with E-state index in [0.29, 0.717) is 0 Å². The number of hydrogen-bond donors (Lipinski definition) is 2. The molecule has 0 saturated heterocycles. The predicted molar refractivity (Wildman–Crippen MR) is 110 cm³/mol. The van der Waals surface area contributed by atoms with Gasteiger partial charge in [0.25, 0.3) is 0 Å². The summed E-state index contributed by atoms with van der Waals surface area (Å²) >= 11 is 0. The van der Waals surface area contributed by atoms with Gasteiger partial charge in [-0.15, -0.1) is 0 Å². The van der Waals surface area contributed by atoms with Gasteiger partial charge in [-0.3, -0.25) is 4.79 Å². The molecule has 2 N–H and O–H groups in total. The smallest absolute Gasteiger partial charge is 0.247 e. The minimum Gasteiger partial charge on any atom is -0.361 e. The van der Waals surface area contributed by atoms with Crippen LogP contribution in [0.4, 0.5) is 0 Å². The van der Waals surface area contributed by atoms with Gasteiger partial charge in [0.1, 0.15) is 0 Å². The van der Waals surface area contributed by atoms with Crippen LogP contribution in [0.2, 0.25) is 0 Å². The van der Waals surface area contributed by atoms with Crippen molar-refractivity contribution in [2.75, 3.05) is 0 Å². The first-order chi connectivity index (χ1) is 12.4. The standard InChI is InChI=1S/C23H26N2O/c1-14(2)25-23(26)17(5)12-18-11-16(4)21(13-15(18)3)19-7-6-8-22-20(19)9-10-24-22/h6-14,24H,1-5H3,(H,25,26). The van der Waals surface area contributed by atoms with E-state index in [1.165, 1.54) is 22.1 Å². The number of aryl methyl sites for hydroxylation is 2. The van der Waals surface area contributed by atoms with Gasteiger partial charge in [-0.1, -0.05) is 24.3 Å². The second-order valence-corrected chi connectivity index (χ2v) is 7.22. The highest BCUT2D eigenvalue weighted by atomic mass is 16.1. The van der Waals surface area contributed by atoms with E-state index in [0.717, 1.165) is 22.2 Å². The minimum atomic E-state index is -0.0155. The normalized spacial score (nSPS) is 12.0. The first-order valence-electron chi connectivity index (χ1n) is 9.03. The van der Waals surface area contributed by atoms with Crippen LogP contribution in [0.1, 0.15) is 37.5 Å². The Kier molecular flexibility index (Phi) is 4.99. The molecule has 0 bridgehead atoms. The molecule has 0 saturated carbocycles. The first kappa shape index (κ1) is 18.0. The lowest BCUT2D eigenvalue weighted by molar-refractivity contribution is -0.117. The maximum Gasteiger partial charge on any atom is 0.247 e. The molecule has 0 atom stereocenters. The number of aromatic amines is 1. The molecule has 134 valence electrons. The van der Waals surface area contributed by atoms with Crippen LogP contribution < -0.4 is 5.32 Å². The molecule has 3 heteroatoms. The predicted octanol–water partition coefficient (Wildman–Crippen LogP) is 5.38. The van der Waals surface area contributed by atoms with E-state index in [1.807, 2.05) is 33.0 Å². The lowest BCUT2D eigenvalue weighted by Crippen LogP contribution is -2.30. The van der Waals surface area contributed by atoms with E-state index in [2.05, 4.69) is 60.5 Å². The molecule has 1 heterocycles. The van der Waals surface area contributed by atoms with Gasteiger partial charge in [0, 0.05) is 28.7 Å². The zero-order chi connectivity index (χ0) is 18.8. The van der Waals surface area contributed by atoms with Crippen molar-refractivity contribution < 1.29 is 4.79 Å². The molecule has 3 rings (SSSR count). The summed E-state index contributed by atoms with van der Waals surface area (Å²) in [4.78, 5) is 15.5. The van der Waals surface area contributed by atoms with Crippen LogP contribution in [0.3, 0.4) is 0 Å². The minimum absolute atomic E-state index is 0.0155. The average molecular weight is 346 g/mol. The zero-order valence-electron chi connectivity index (χ0n) is 16.1. The summed E-state index contributed by atoms with van der Waals surface area (Å²) in [6, 6.07) is 13.0. The number of H-pyrrole nitrogens is 1. The van der Waals surface area contributed by atoms with Crippen LogP contribution in [0.25, 0.3) is 28.1 Å². The third-order valence-corrected chi connectivity index (χ3v) is 4.65. The SMILES string of the molecule is CC(=Cc1cc(C)c(-c2cccc3[nH]ccc23)cc1C)C(=O)NC(C)C. The molecular formula is C23H26N2O. The second kappa shape index (κ2) is 7.20. The van der Waals surface area contributed by atoms with E-state index in [-0.39, 0.29) is 11.9 Å². The van der Waals surface area contributed by atoms with Crippen molar-refractivity contribution in [1.82, 2.24) is 10.3 Å². The maximum absolute atomic E-state index is 12.2. The summed E-state index contributed by atoms with van der Waals surface area (Å²) in [5.41, 5.74) is 7.78. The highest BCUT2D eigenvalue weighted by Crippen LogP contribution is 2.32. The molecule has 0 spiro atoms. The summed E-state index contributed by atoms with van der Waals surface area (Å²) in [5.74, 6) is -0.0155. The monoisotopic (exact) mass is 346 g/mol. The van der Waals surface area contributed by atoms with Crippen molar-refractivity contribution in [1.29, 1.82) is 0 Å². The summed E-state index contributed by atoms with van der Waals surface area (Å²) in [6.07, 6.45) is 3.95. The summed E-state index contributed by atoms with van der Waals surface area (Å²) in [6.45, 7) is 10.0. The molecule has 0 aliphatic rings. The number of carbonyl (C=O) groups is 1. The molecule has 1 amide bonds. The van der Waals surface area contributed by atoms with E-state index in [9.17, 15) is 4.79 Å². The number of hydrogen-bond acceptors (Lipinski definition) is 1. The number of nitrogens with one attached hydrogen (secondary N) is 2. The fraction of sp³-hybridized carbons (Fsp3) is 0.261. The number of benzene rings is 2. The average Bonchev–Trinajstić information content (AvgIpc) is 3.06. The molecule has 3 aromatic rings. The van der Waals surface area contributed by atoms with Crippen LogP contribution in [0.5, 0.6) is 0 Å². The second-order valence-electron chi connectivity index (χ2n) is 7.22. The zero-order valence-corrected chi connectivity index (χ0v) is 16.1. The fourth-order valence-electron chi connectivity index (χ4n) is 3.28. The van der Waals surface area contributed by atoms with Crippen molar-refractivity contribution in [3.8, 4) is 11.1 Å². The maximum atomic E-state index is 12.2. The van der Waals surface area contributed by atoms with Gasteiger partial charge in [-0.2, -0.15) is 0 Å². The third kappa shape index (κ3) is 3.57. The van der Waals surface area contributed by atoms with Gasteiger partial charge >= 0.3 is 0 Å². The molecule has 0 aliphatic heterocycles. The summed E-state index contributed by atoms with van der Waals surface area (Å²) in [7, 11) is 0. The van der Waals surface area contributed by atoms with Crippen molar-refractivity contribution >= 4 is 22.9 Å². The van der Waals surface area contributed by atoms with Gasteiger partial charge in [0.2, 0.25) is 5.91 Å².